The molecule has 4 heteroatoms. The minimum Gasteiger partial charge on any atom is -0.288 e. The average Bonchev–Trinajstić information content (AvgIpc) is 2.61. The number of halogens is 2. The van der Waals surface area contributed by atoms with Gasteiger partial charge in [0.15, 0.2) is 0 Å². The molecule has 0 unspecified atom stereocenters. The molecule has 2 aromatic rings. The summed E-state index contributed by atoms with van der Waals surface area (Å²) in [5.74, 6) is -0.415. The summed E-state index contributed by atoms with van der Waals surface area (Å²) in [5, 5.41) is 0. The highest BCUT2D eigenvalue weighted by Crippen LogP contribution is 2.25. The Morgan fingerprint density at radius 3 is 2.53 bits per heavy atom. The molecule has 17 heavy (non-hydrogen) atoms. The number of aryl methyl sites for hydroxylation is 2. The minimum absolute atomic E-state index is 0.0544. The Balaban J connectivity index is 2.44. The van der Waals surface area contributed by atoms with Gasteiger partial charge in [0, 0.05) is 10.4 Å². The highest BCUT2D eigenvalue weighted by Gasteiger charge is 2.15. The van der Waals surface area contributed by atoms with Crippen molar-refractivity contribution in [1.82, 2.24) is 0 Å². The van der Waals surface area contributed by atoms with Gasteiger partial charge in [0.1, 0.15) is 5.82 Å². The van der Waals surface area contributed by atoms with Crippen LogP contribution in [-0.2, 0) is 0 Å². The summed E-state index contributed by atoms with van der Waals surface area (Å²) < 4.78 is 13.4. The monoisotopic (exact) mass is 312 g/mol. The van der Waals surface area contributed by atoms with Crippen molar-refractivity contribution in [2.24, 2.45) is 0 Å². The normalized spacial score (nSPS) is 10.6. The van der Waals surface area contributed by atoms with Gasteiger partial charge in [0.05, 0.1) is 9.35 Å². The SMILES string of the molecule is Cc1cc(C)c(C(=O)c2ccc(F)c(Br)c2)s1. The highest BCUT2D eigenvalue weighted by molar-refractivity contribution is 9.10. The van der Waals surface area contributed by atoms with Crippen LogP contribution < -0.4 is 0 Å². The molecule has 0 fully saturated rings. The second kappa shape index (κ2) is 4.70. The van der Waals surface area contributed by atoms with Gasteiger partial charge in [-0.2, -0.15) is 0 Å². The number of hydrogen-bond donors (Lipinski definition) is 0. The van der Waals surface area contributed by atoms with Crippen molar-refractivity contribution in [3.05, 3.63) is 55.4 Å². The Kier molecular flexibility index (Phi) is 3.45. The number of benzene rings is 1. The van der Waals surface area contributed by atoms with E-state index in [1.165, 1.54) is 29.5 Å². The van der Waals surface area contributed by atoms with E-state index < -0.39 is 0 Å². The first-order chi connectivity index (χ1) is 7.99. The molecular formula is C13H10BrFOS. The van der Waals surface area contributed by atoms with Crippen molar-refractivity contribution >= 4 is 33.0 Å². The van der Waals surface area contributed by atoms with Gasteiger partial charge in [-0.15, -0.1) is 11.3 Å². The summed E-state index contributed by atoms with van der Waals surface area (Å²) in [6.07, 6.45) is 0. The lowest BCUT2D eigenvalue weighted by Crippen LogP contribution is -2.00. The third-order valence-corrected chi connectivity index (χ3v) is 4.19. The van der Waals surface area contributed by atoms with E-state index in [2.05, 4.69) is 15.9 Å². The molecule has 1 aromatic heterocycles. The molecule has 0 bridgehead atoms. The van der Waals surface area contributed by atoms with Crippen molar-refractivity contribution in [3.63, 3.8) is 0 Å². The maximum atomic E-state index is 13.1. The fourth-order valence-electron chi connectivity index (χ4n) is 1.64. The summed E-state index contributed by atoms with van der Waals surface area (Å²) in [7, 11) is 0. The number of carbonyl (C=O) groups excluding carboxylic acids is 1. The Morgan fingerprint density at radius 1 is 1.29 bits per heavy atom. The maximum absolute atomic E-state index is 13.1. The predicted molar refractivity (Wildman–Crippen MR) is 71.3 cm³/mol. The molecule has 2 rings (SSSR count). The van der Waals surface area contributed by atoms with E-state index in [-0.39, 0.29) is 11.6 Å². The fourth-order valence-corrected chi connectivity index (χ4v) is 3.00. The van der Waals surface area contributed by atoms with E-state index in [1.807, 2.05) is 19.9 Å². The van der Waals surface area contributed by atoms with Gasteiger partial charge < -0.3 is 0 Å². The molecular weight excluding hydrogens is 303 g/mol. The predicted octanol–water partition coefficient (Wildman–Crippen LogP) is 4.50. The largest absolute Gasteiger partial charge is 0.288 e. The fraction of sp³-hybridized carbons (Fsp3) is 0.154. The van der Waals surface area contributed by atoms with Crippen LogP contribution in [0.15, 0.2) is 28.7 Å². The van der Waals surface area contributed by atoms with Crippen LogP contribution in [0.2, 0.25) is 0 Å². The van der Waals surface area contributed by atoms with Crippen molar-refractivity contribution in [2.45, 2.75) is 13.8 Å². The topological polar surface area (TPSA) is 17.1 Å². The standard InChI is InChI=1S/C13H10BrFOS/c1-7-5-8(2)17-13(7)12(16)9-3-4-11(15)10(14)6-9/h3-6H,1-2H3. The molecule has 0 aliphatic heterocycles. The third kappa shape index (κ3) is 2.48. The van der Waals surface area contributed by atoms with Gasteiger partial charge in [0.25, 0.3) is 0 Å². The Hall–Kier alpha value is -1.00. The van der Waals surface area contributed by atoms with Crippen LogP contribution >= 0.6 is 27.3 Å². The molecule has 0 spiro atoms. The van der Waals surface area contributed by atoms with Gasteiger partial charge in [-0.05, 0) is 59.6 Å². The second-order valence-electron chi connectivity index (χ2n) is 3.83. The van der Waals surface area contributed by atoms with Crippen LogP contribution in [0.3, 0.4) is 0 Å². The van der Waals surface area contributed by atoms with Gasteiger partial charge >= 0.3 is 0 Å². The maximum Gasteiger partial charge on any atom is 0.203 e. The van der Waals surface area contributed by atoms with Gasteiger partial charge in [-0.3, -0.25) is 4.79 Å². The van der Waals surface area contributed by atoms with Crippen molar-refractivity contribution in [3.8, 4) is 0 Å². The molecule has 0 saturated heterocycles. The average molecular weight is 313 g/mol. The Morgan fingerprint density at radius 2 is 2.00 bits per heavy atom. The first kappa shape index (κ1) is 12.5. The summed E-state index contributed by atoms with van der Waals surface area (Å²) >= 11 is 4.56. The number of hydrogen-bond acceptors (Lipinski definition) is 2. The van der Waals surface area contributed by atoms with E-state index in [1.54, 1.807) is 0 Å². The van der Waals surface area contributed by atoms with Crippen LogP contribution in [0, 0.1) is 19.7 Å². The molecule has 0 aliphatic rings. The van der Waals surface area contributed by atoms with Crippen LogP contribution in [0.4, 0.5) is 4.39 Å². The van der Waals surface area contributed by atoms with E-state index in [0.717, 1.165) is 15.3 Å². The molecule has 1 heterocycles. The van der Waals surface area contributed by atoms with Crippen LogP contribution in [0.5, 0.6) is 0 Å². The van der Waals surface area contributed by atoms with E-state index in [9.17, 15) is 9.18 Å². The molecule has 0 saturated carbocycles. The van der Waals surface area contributed by atoms with Gasteiger partial charge in [0.2, 0.25) is 5.78 Å². The lowest BCUT2D eigenvalue weighted by atomic mass is 10.1. The lowest BCUT2D eigenvalue weighted by Gasteiger charge is -2.01. The molecule has 1 nitrogen and oxygen atoms in total. The number of carbonyl (C=O) groups is 1. The second-order valence-corrected chi connectivity index (χ2v) is 5.94. The van der Waals surface area contributed by atoms with Gasteiger partial charge in [-0.1, -0.05) is 0 Å². The summed E-state index contributed by atoms with van der Waals surface area (Å²) in [4.78, 5) is 14.0. The zero-order chi connectivity index (χ0) is 12.6. The number of thiophene rings is 1. The summed E-state index contributed by atoms with van der Waals surface area (Å²) in [5.41, 5.74) is 1.47. The van der Waals surface area contributed by atoms with Crippen molar-refractivity contribution in [2.75, 3.05) is 0 Å². The molecule has 0 amide bonds. The van der Waals surface area contributed by atoms with E-state index >= 15 is 0 Å². The molecule has 1 aromatic carbocycles. The molecule has 0 aliphatic carbocycles. The zero-order valence-electron chi connectivity index (χ0n) is 9.38. The first-order valence-electron chi connectivity index (χ1n) is 5.06. The summed E-state index contributed by atoms with van der Waals surface area (Å²) in [6.45, 7) is 3.88. The van der Waals surface area contributed by atoms with Crippen molar-refractivity contribution in [1.29, 1.82) is 0 Å². The van der Waals surface area contributed by atoms with E-state index in [4.69, 9.17) is 0 Å². The third-order valence-electron chi connectivity index (χ3n) is 2.43. The van der Waals surface area contributed by atoms with Gasteiger partial charge in [-0.25, -0.2) is 4.39 Å². The molecule has 0 atom stereocenters. The van der Waals surface area contributed by atoms with E-state index in [0.29, 0.717) is 10.0 Å². The highest BCUT2D eigenvalue weighted by atomic mass is 79.9. The number of ketones is 1. The lowest BCUT2D eigenvalue weighted by molar-refractivity contribution is 0.104. The van der Waals surface area contributed by atoms with Crippen LogP contribution in [-0.4, -0.2) is 5.78 Å². The smallest absolute Gasteiger partial charge is 0.203 e. The summed E-state index contributed by atoms with van der Waals surface area (Å²) in [6, 6.07) is 6.31. The quantitative estimate of drug-likeness (QED) is 0.746. The number of rotatable bonds is 2. The van der Waals surface area contributed by atoms with Crippen molar-refractivity contribution < 1.29 is 9.18 Å². The Bertz CT molecular complexity index is 589. The molecule has 0 N–H and O–H groups in total. The molecule has 0 radical (unpaired) electrons. The van der Waals surface area contributed by atoms with Crippen LogP contribution in [0.1, 0.15) is 25.7 Å². The minimum atomic E-state index is -0.361. The Labute approximate surface area is 111 Å². The first-order valence-corrected chi connectivity index (χ1v) is 6.67. The molecule has 88 valence electrons. The van der Waals surface area contributed by atoms with Crippen LogP contribution in [0.25, 0.3) is 0 Å². The zero-order valence-corrected chi connectivity index (χ0v) is 11.8.